The average molecular weight is 253 g/mol. The fourth-order valence-electron chi connectivity index (χ4n) is 1.94. The SMILES string of the molecule is O=C(c1csc(N2CCC2)n1)N1CCOCC1. The molecule has 5 nitrogen and oxygen atoms in total. The van der Waals surface area contributed by atoms with Crippen molar-refractivity contribution in [2.75, 3.05) is 44.3 Å². The molecule has 2 saturated heterocycles. The van der Waals surface area contributed by atoms with Crippen LogP contribution in [-0.2, 0) is 4.74 Å². The predicted molar refractivity (Wildman–Crippen MR) is 65.7 cm³/mol. The molecule has 2 fully saturated rings. The summed E-state index contributed by atoms with van der Waals surface area (Å²) in [6.45, 7) is 4.76. The zero-order chi connectivity index (χ0) is 11.7. The lowest BCUT2D eigenvalue weighted by Crippen LogP contribution is -2.41. The van der Waals surface area contributed by atoms with Crippen LogP contribution < -0.4 is 4.90 Å². The molecule has 1 amide bonds. The number of morpholine rings is 1. The van der Waals surface area contributed by atoms with Crippen molar-refractivity contribution in [3.8, 4) is 0 Å². The van der Waals surface area contributed by atoms with Crippen molar-refractivity contribution < 1.29 is 9.53 Å². The topological polar surface area (TPSA) is 45.7 Å². The highest BCUT2D eigenvalue weighted by Crippen LogP contribution is 2.25. The van der Waals surface area contributed by atoms with E-state index >= 15 is 0 Å². The van der Waals surface area contributed by atoms with E-state index in [1.807, 2.05) is 10.3 Å². The van der Waals surface area contributed by atoms with Gasteiger partial charge in [-0.2, -0.15) is 0 Å². The van der Waals surface area contributed by atoms with Gasteiger partial charge in [-0.15, -0.1) is 11.3 Å². The highest BCUT2D eigenvalue weighted by Gasteiger charge is 2.23. The molecule has 6 heteroatoms. The highest BCUT2D eigenvalue weighted by molar-refractivity contribution is 7.14. The molecule has 0 bridgehead atoms. The number of anilines is 1. The Hall–Kier alpha value is -1.14. The molecular formula is C11H15N3O2S. The Kier molecular flexibility index (Phi) is 2.98. The normalized spacial score (nSPS) is 20.2. The molecule has 1 aromatic heterocycles. The van der Waals surface area contributed by atoms with Crippen LogP contribution in [0.5, 0.6) is 0 Å². The molecule has 92 valence electrons. The fourth-order valence-corrected chi connectivity index (χ4v) is 2.80. The van der Waals surface area contributed by atoms with E-state index in [1.165, 1.54) is 6.42 Å². The first kappa shape index (κ1) is 11.0. The van der Waals surface area contributed by atoms with Crippen molar-refractivity contribution >= 4 is 22.4 Å². The van der Waals surface area contributed by atoms with Gasteiger partial charge in [0, 0.05) is 31.6 Å². The third-order valence-corrected chi connectivity index (χ3v) is 4.04. The first-order chi connectivity index (χ1) is 8.34. The smallest absolute Gasteiger partial charge is 0.273 e. The number of rotatable bonds is 2. The Balaban J connectivity index is 1.69. The Morgan fingerprint density at radius 2 is 2.06 bits per heavy atom. The lowest BCUT2D eigenvalue weighted by molar-refractivity contribution is 0.0299. The van der Waals surface area contributed by atoms with E-state index < -0.39 is 0 Å². The summed E-state index contributed by atoms with van der Waals surface area (Å²) < 4.78 is 5.24. The Bertz CT molecular complexity index is 411. The Labute approximate surface area is 104 Å². The second kappa shape index (κ2) is 4.62. The van der Waals surface area contributed by atoms with Crippen molar-refractivity contribution in [2.24, 2.45) is 0 Å². The Morgan fingerprint density at radius 3 is 2.71 bits per heavy atom. The molecule has 0 aromatic carbocycles. The van der Waals surface area contributed by atoms with Gasteiger partial charge in [-0.1, -0.05) is 0 Å². The van der Waals surface area contributed by atoms with Gasteiger partial charge in [0.05, 0.1) is 13.2 Å². The molecule has 0 aliphatic carbocycles. The van der Waals surface area contributed by atoms with Gasteiger partial charge in [0.2, 0.25) is 0 Å². The maximum atomic E-state index is 12.1. The molecule has 0 saturated carbocycles. The van der Waals surface area contributed by atoms with E-state index in [4.69, 9.17) is 4.74 Å². The van der Waals surface area contributed by atoms with Crippen LogP contribution in [0, 0.1) is 0 Å². The molecule has 0 radical (unpaired) electrons. The number of thiazole rings is 1. The molecule has 0 spiro atoms. The number of amides is 1. The first-order valence-electron chi connectivity index (χ1n) is 5.92. The van der Waals surface area contributed by atoms with Crippen LogP contribution in [0.4, 0.5) is 5.13 Å². The van der Waals surface area contributed by atoms with Gasteiger partial charge >= 0.3 is 0 Å². The van der Waals surface area contributed by atoms with Gasteiger partial charge in [-0.25, -0.2) is 4.98 Å². The second-order valence-corrected chi connectivity index (χ2v) is 5.10. The van der Waals surface area contributed by atoms with E-state index in [0.717, 1.165) is 18.2 Å². The van der Waals surface area contributed by atoms with E-state index in [0.29, 0.717) is 32.0 Å². The third-order valence-electron chi connectivity index (χ3n) is 3.14. The molecule has 17 heavy (non-hydrogen) atoms. The molecule has 0 unspecified atom stereocenters. The summed E-state index contributed by atoms with van der Waals surface area (Å²) in [7, 11) is 0. The molecule has 2 aliphatic heterocycles. The number of hydrogen-bond acceptors (Lipinski definition) is 5. The van der Waals surface area contributed by atoms with Crippen LogP contribution in [0.15, 0.2) is 5.38 Å². The van der Waals surface area contributed by atoms with Crippen molar-refractivity contribution in [1.82, 2.24) is 9.88 Å². The van der Waals surface area contributed by atoms with Gasteiger partial charge in [0.1, 0.15) is 5.69 Å². The summed E-state index contributed by atoms with van der Waals surface area (Å²) in [5, 5.41) is 2.85. The van der Waals surface area contributed by atoms with Crippen molar-refractivity contribution in [3.63, 3.8) is 0 Å². The lowest BCUT2D eigenvalue weighted by atomic mass is 10.2. The van der Waals surface area contributed by atoms with Gasteiger partial charge < -0.3 is 14.5 Å². The van der Waals surface area contributed by atoms with Crippen LogP contribution in [0.1, 0.15) is 16.9 Å². The van der Waals surface area contributed by atoms with Crippen LogP contribution in [0.3, 0.4) is 0 Å². The number of ether oxygens (including phenoxy) is 1. The predicted octanol–water partition coefficient (Wildman–Crippen LogP) is 0.826. The first-order valence-corrected chi connectivity index (χ1v) is 6.80. The van der Waals surface area contributed by atoms with Crippen molar-refractivity contribution in [2.45, 2.75) is 6.42 Å². The van der Waals surface area contributed by atoms with Gasteiger partial charge in [0.15, 0.2) is 5.13 Å². The summed E-state index contributed by atoms with van der Waals surface area (Å²) in [4.78, 5) is 20.6. The quantitative estimate of drug-likeness (QED) is 0.783. The fraction of sp³-hybridized carbons (Fsp3) is 0.636. The average Bonchev–Trinajstić information content (AvgIpc) is 2.76. The van der Waals surface area contributed by atoms with Crippen molar-refractivity contribution in [3.05, 3.63) is 11.1 Å². The minimum atomic E-state index is 0.0383. The van der Waals surface area contributed by atoms with E-state index in [9.17, 15) is 4.79 Å². The molecular weight excluding hydrogens is 238 g/mol. The van der Waals surface area contributed by atoms with E-state index in [-0.39, 0.29) is 5.91 Å². The Morgan fingerprint density at radius 1 is 1.29 bits per heavy atom. The summed E-state index contributed by atoms with van der Waals surface area (Å²) in [6, 6.07) is 0. The molecule has 0 N–H and O–H groups in total. The standard InChI is InChI=1S/C11H15N3O2S/c15-10(13-4-6-16-7-5-13)9-8-17-11(12-9)14-2-1-3-14/h8H,1-7H2. The van der Waals surface area contributed by atoms with Crippen LogP contribution >= 0.6 is 11.3 Å². The number of carbonyl (C=O) groups is 1. The van der Waals surface area contributed by atoms with Crippen molar-refractivity contribution in [1.29, 1.82) is 0 Å². The lowest BCUT2D eigenvalue weighted by Gasteiger charge is -2.30. The summed E-state index contributed by atoms with van der Waals surface area (Å²) in [5.74, 6) is 0.0383. The summed E-state index contributed by atoms with van der Waals surface area (Å²) in [5.41, 5.74) is 0.582. The van der Waals surface area contributed by atoms with Gasteiger partial charge in [0.25, 0.3) is 5.91 Å². The maximum absolute atomic E-state index is 12.1. The van der Waals surface area contributed by atoms with Gasteiger partial charge in [-0.05, 0) is 6.42 Å². The summed E-state index contributed by atoms with van der Waals surface area (Å²) >= 11 is 1.56. The number of carbonyl (C=O) groups excluding carboxylic acids is 1. The monoisotopic (exact) mass is 253 g/mol. The number of aromatic nitrogens is 1. The maximum Gasteiger partial charge on any atom is 0.273 e. The van der Waals surface area contributed by atoms with E-state index in [1.54, 1.807) is 11.3 Å². The highest BCUT2D eigenvalue weighted by atomic mass is 32.1. The van der Waals surface area contributed by atoms with Crippen LogP contribution in [-0.4, -0.2) is 55.2 Å². The third kappa shape index (κ3) is 2.14. The van der Waals surface area contributed by atoms with Crippen LogP contribution in [0.2, 0.25) is 0 Å². The second-order valence-electron chi connectivity index (χ2n) is 4.26. The number of nitrogens with zero attached hydrogens (tertiary/aromatic N) is 3. The number of hydrogen-bond donors (Lipinski definition) is 0. The zero-order valence-corrected chi connectivity index (χ0v) is 10.4. The molecule has 2 aliphatic rings. The minimum Gasteiger partial charge on any atom is -0.378 e. The van der Waals surface area contributed by atoms with Crippen LogP contribution in [0.25, 0.3) is 0 Å². The molecule has 1 aromatic rings. The zero-order valence-electron chi connectivity index (χ0n) is 9.59. The van der Waals surface area contributed by atoms with Gasteiger partial charge in [-0.3, -0.25) is 4.79 Å². The molecule has 3 rings (SSSR count). The largest absolute Gasteiger partial charge is 0.378 e. The molecule has 3 heterocycles. The molecule has 0 atom stereocenters. The van der Waals surface area contributed by atoms with E-state index in [2.05, 4.69) is 9.88 Å². The minimum absolute atomic E-state index is 0.0383. The summed E-state index contributed by atoms with van der Waals surface area (Å²) in [6.07, 6.45) is 1.23.